The van der Waals surface area contributed by atoms with Crippen molar-refractivity contribution in [1.82, 2.24) is 0 Å². The van der Waals surface area contributed by atoms with Crippen LogP contribution in [0.2, 0.25) is 0 Å². The molecule has 2 nitrogen and oxygen atoms in total. The molecule has 17 heavy (non-hydrogen) atoms. The van der Waals surface area contributed by atoms with Crippen LogP contribution in [0.4, 0.5) is 0 Å². The van der Waals surface area contributed by atoms with Crippen molar-refractivity contribution in [2.75, 3.05) is 6.61 Å². The molecule has 0 aliphatic rings. The first-order valence-corrected chi connectivity index (χ1v) is 7.03. The number of thiophene rings is 1. The maximum absolute atomic E-state index is 10.3. The number of aliphatic hydroxyl groups is 1. The molecule has 1 unspecified atom stereocenters. The molecule has 1 aromatic heterocycles. The fourth-order valence-corrected chi connectivity index (χ4v) is 3.06. The van der Waals surface area contributed by atoms with Crippen molar-refractivity contribution < 1.29 is 9.84 Å². The van der Waals surface area contributed by atoms with Gasteiger partial charge in [-0.25, -0.2) is 0 Å². The van der Waals surface area contributed by atoms with E-state index in [2.05, 4.69) is 15.9 Å². The van der Waals surface area contributed by atoms with Gasteiger partial charge >= 0.3 is 0 Å². The Morgan fingerprint density at radius 3 is 2.82 bits per heavy atom. The van der Waals surface area contributed by atoms with Crippen LogP contribution in [-0.4, -0.2) is 11.7 Å². The van der Waals surface area contributed by atoms with Gasteiger partial charge < -0.3 is 9.84 Å². The first kappa shape index (κ1) is 12.6. The van der Waals surface area contributed by atoms with E-state index in [0.717, 1.165) is 20.7 Å². The summed E-state index contributed by atoms with van der Waals surface area (Å²) in [6.07, 6.45) is -0.631. The molecule has 0 fully saturated rings. The summed E-state index contributed by atoms with van der Waals surface area (Å²) in [6, 6.07) is 9.52. The van der Waals surface area contributed by atoms with Gasteiger partial charge in [0.25, 0.3) is 0 Å². The van der Waals surface area contributed by atoms with Crippen LogP contribution < -0.4 is 4.74 Å². The highest BCUT2D eigenvalue weighted by Gasteiger charge is 2.16. The summed E-state index contributed by atoms with van der Waals surface area (Å²) in [5, 5.41) is 12.3. The Balaban J connectivity index is 2.33. The molecular formula is C13H13BrO2S. The molecule has 2 aromatic rings. The normalized spacial score (nSPS) is 12.4. The zero-order valence-corrected chi connectivity index (χ0v) is 11.8. The smallest absolute Gasteiger partial charge is 0.125 e. The molecule has 4 heteroatoms. The molecule has 0 spiro atoms. The van der Waals surface area contributed by atoms with Crippen LogP contribution in [0, 0.1) is 0 Å². The molecule has 1 heterocycles. The molecule has 1 atom stereocenters. The second-order valence-corrected chi connectivity index (χ2v) is 5.40. The highest BCUT2D eigenvalue weighted by atomic mass is 79.9. The fourth-order valence-electron chi connectivity index (χ4n) is 1.62. The van der Waals surface area contributed by atoms with Crippen molar-refractivity contribution in [3.05, 3.63) is 50.6 Å². The monoisotopic (exact) mass is 312 g/mol. The van der Waals surface area contributed by atoms with Gasteiger partial charge in [0.05, 0.1) is 6.61 Å². The molecule has 0 radical (unpaired) electrons. The van der Waals surface area contributed by atoms with Gasteiger partial charge in [0.2, 0.25) is 0 Å². The van der Waals surface area contributed by atoms with Gasteiger partial charge in [-0.05, 0) is 35.0 Å². The number of hydrogen-bond acceptors (Lipinski definition) is 3. The minimum Gasteiger partial charge on any atom is -0.493 e. The largest absolute Gasteiger partial charge is 0.493 e. The van der Waals surface area contributed by atoms with Gasteiger partial charge in [0.15, 0.2) is 0 Å². The molecule has 0 saturated carbocycles. The van der Waals surface area contributed by atoms with Gasteiger partial charge in [-0.3, -0.25) is 0 Å². The minimum absolute atomic E-state index is 0.595. The van der Waals surface area contributed by atoms with Crippen LogP contribution in [0.15, 0.2) is 40.2 Å². The molecule has 1 N–H and O–H groups in total. The number of benzene rings is 1. The molecule has 0 aliphatic carbocycles. The van der Waals surface area contributed by atoms with Crippen LogP contribution in [0.25, 0.3) is 0 Å². The second-order valence-electron chi connectivity index (χ2n) is 3.54. The van der Waals surface area contributed by atoms with Crippen LogP contribution >= 0.6 is 27.3 Å². The van der Waals surface area contributed by atoms with E-state index in [1.54, 1.807) is 0 Å². The maximum atomic E-state index is 10.3. The summed E-state index contributed by atoms with van der Waals surface area (Å²) in [6.45, 7) is 2.53. The van der Waals surface area contributed by atoms with E-state index in [-0.39, 0.29) is 0 Å². The van der Waals surface area contributed by atoms with E-state index in [9.17, 15) is 5.11 Å². The molecular weight excluding hydrogens is 300 g/mol. The molecule has 90 valence electrons. The lowest BCUT2D eigenvalue weighted by atomic mass is 10.1. The van der Waals surface area contributed by atoms with Crippen molar-refractivity contribution in [3.8, 4) is 5.75 Å². The third-order valence-corrected chi connectivity index (χ3v) is 4.12. The predicted molar refractivity (Wildman–Crippen MR) is 73.7 cm³/mol. The topological polar surface area (TPSA) is 29.5 Å². The van der Waals surface area contributed by atoms with E-state index >= 15 is 0 Å². The van der Waals surface area contributed by atoms with Gasteiger partial charge in [0, 0.05) is 20.3 Å². The molecule has 0 bridgehead atoms. The molecule has 0 aliphatic heterocycles. The molecule has 0 amide bonds. The van der Waals surface area contributed by atoms with Crippen LogP contribution in [0.3, 0.4) is 0 Å². The number of ether oxygens (including phenoxy) is 1. The number of aliphatic hydroxyl groups excluding tert-OH is 1. The highest BCUT2D eigenvalue weighted by molar-refractivity contribution is 9.10. The van der Waals surface area contributed by atoms with Crippen molar-refractivity contribution >= 4 is 27.3 Å². The number of hydrogen-bond donors (Lipinski definition) is 1. The van der Waals surface area contributed by atoms with Gasteiger partial charge in [-0.1, -0.05) is 18.2 Å². The lowest BCUT2D eigenvalue weighted by molar-refractivity contribution is 0.215. The highest BCUT2D eigenvalue weighted by Crippen LogP contribution is 2.34. The average molecular weight is 313 g/mol. The summed E-state index contributed by atoms with van der Waals surface area (Å²) in [5.41, 5.74) is 0.809. The van der Waals surface area contributed by atoms with E-state index in [1.807, 2.05) is 42.6 Å². The Morgan fingerprint density at radius 1 is 1.41 bits per heavy atom. The van der Waals surface area contributed by atoms with Crippen LogP contribution in [-0.2, 0) is 0 Å². The quantitative estimate of drug-likeness (QED) is 0.925. The van der Waals surface area contributed by atoms with Crippen molar-refractivity contribution in [3.63, 3.8) is 0 Å². The minimum atomic E-state index is -0.631. The van der Waals surface area contributed by atoms with Gasteiger partial charge in [-0.2, -0.15) is 0 Å². The lowest BCUT2D eigenvalue weighted by Gasteiger charge is -2.14. The number of halogens is 1. The van der Waals surface area contributed by atoms with Gasteiger partial charge in [-0.15, -0.1) is 11.3 Å². The molecule has 2 rings (SSSR count). The lowest BCUT2D eigenvalue weighted by Crippen LogP contribution is -2.02. The SMILES string of the molecule is CCOc1ccccc1C(O)c1cc(Br)cs1. The van der Waals surface area contributed by atoms with Crippen molar-refractivity contribution in [2.24, 2.45) is 0 Å². The first-order valence-electron chi connectivity index (χ1n) is 5.36. The number of para-hydroxylation sites is 1. The predicted octanol–water partition coefficient (Wildman–Crippen LogP) is 3.99. The van der Waals surface area contributed by atoms with Gasteiger partial charge in [0.1, 0.15) is 11.9 Å². The average Bonchev–Trinajstić information content (AvgIpc) is 2.76. The van der Waals surface area contributed by atoms with Crippen molar-refractivity contribution in [1.29, 1.82) is 0 Å². The summed E-state index contributed by atoms with van der Waals surface area (Å²) in [7, 11) is 0. The summed E-state index contributed by atoms with van der Waals surface area (Å²) >= 11 is 4.92. The van der Waals surface area contributed by atoms with Crippen LogP contribution in [0.1, 0.15) is 23.5 Å². The third kappa shape index (κ3) is 2.89. The summed E-state index contributed by atoms with van der Waals surface area (Å²) in [4.78, 5) is 0.907. The Hall–Kier alpha value is -0.840. The third-order valence-electron chi connectivity index (χ3n) is 2.37. The van der Waals surface area contributed by atoms with E-state index in [1.165, 1.54) is 11.3 Å². The zero-order valence-electron chi connectivity index (χ0n) is 9.39. The standard InChI is InChI=1S/C13H13BrO2S/c1-2-16-11-6-4-3-5-10(11)13(15)12-7-9(14)8-17-12/h3-8,13,15H,2H2,1H3. The van der Waals surface area contributed by atoms with E-state index in [4.69, 9.17) is 4.74 Å². The van der Waals surface area contributed by atoms with Crippen molar-refractivity contribution in [2.45, 2.75) is 13.0 Å². The Morgan fingerprint density at radius 2 is 2.18 bits per heavy atom. The number of rotatable bonds is 4. The van der Waals surface area contributed by atoms with E-state index in [0.29, 0.717) is 6.61 Å². The molecule has 1 aromatic carbocycles. The van der Waals surface area contributed by atoms with E-state index < -0.39 is 6.10 Å². The Kier molecular flexibility index (Phi) is 4.20. The zero-order chi connectivity index (χ0) is 12.3. The Labute approximate surface area is 113 Å². The maximum Gasteiger partial charge on any atom is 0.125 e. The Bertz CT molecular complexity index is 496. The second kappa shape index (κ2) is 5.67. The van der Waals surface area contributed by atoms with Crippen LogP contribution in [0.5, 0.6) is 5.75 Å². The fraction of sp³-hybridized carbons (Fsp3) is 0.231. The summed E-state index contributed by atoms with van der Waals surface area (Å²) in [5.74, 6) is 0.743. The molecule has 0 saturated heterocycles. The summed E-state index contributed by atoms with van der Waals surface area (Å²) < 4.78 is 6.51. The first-order chi connectivity index (χ1) is 8.22.